The maximum Gasteiger partial charge on any atom is 0.258 e. The Balaban J connectivity index is 1.48. The van der Waals surface area contributed by atoms with Crippen LogP contribution in [0.3, 0.4) is 0 Å². The molecule has 0 aromatic heterocycles. The highest BCUT2D eigenvalue weighted by Gasteiger charge is 2.25. The number of ketones is 2. The molecule has 0 aliphatic carbocycles. The van der Waals surface area contributed by atoms with Crippen LogP contribution in [-0.2, 0) is 19.2 Å². The Morgan fingerprint density at radius 1 is 0.460 bits per heavy atom. The van der Waals surface area contributed by atoms with Gasteiger partial charge in [0, 0.05) is 11.4 Å². The molecule has 0 aliphatic heterocycles. The molecule has 0 spiro atoms. The van der Waals surface area contributed by atoms with Crippen LogP contribution in [-0.4, -0.2) is 35.5 Å². The lowest BCUT2D eigenvalue weighted by Crippen LogP contribution is -2.32. The van der Waals surface area contributed by atoms with Crippen LogP contribution in [0, 0.1) is 55.4 Å². The van der Waals surface area contributed by atoms with E-state index in [0.29, 0.717) is 22.7 Å². The van der Waals surface area contributed by atoms with Crippen molar-refractivity contribution in [2.45, 2.75) is 81.3 Å². The fourth-order valence-electron chi connectivity index (χ4n) is 5.36. The van der Waals surface area contributed by atoms with E-state index in [0.717, 1.165) is 55.6 Å². The van der Waals surface area contributed by atoms with Gasteiger partial charge in [-0.3, -0.25) is 19.2 Å². The highest BCUT2D eigenvalue weighted by Crippen LogP contribution is 2.31. The maximum absolute atomic E-state index is 13.0. The first-order valence-corrected chi connectivity index (χ1v) is 16.4. The highest BCUT2D eigenvalue weighted by atomic mass is 16.2. The molecule has 0 saturated heterocycles. The van der Waals surface area contributed by atoms with Gasteiger partial charge in [-0.25, -0.2) is 0 Å². The normalized spacial score (nSPS) is 12.6. The first-order valence-electron chi connectivity index (χ1n) is 16.4. The summed E-state index contributed by atoms with van der Waals surface area (Å²) >= 11 is 0. The number of aryl methyl sites for hydroxylation is 8. The molecule has 10 nitrogen and oxygen atoms in total. The van der Waals surface area contributed by atoms with Gasteiger partial charge < -0.3 is 10.6 Å². The van der Waals surface area contributed by atoms with E-state index in [1.165, 1.54) is 13.8 Å². The van der Waals surface area contributed by atoms with Gasteiger partial charge in [0.15, 0.2) is 11.6 Å². The minimum absolute atomic E-state index is 0.415. The fraction of sp³-hybridized carbons (Fsp3) is 0.300. The lowest BCUT2D eigenvalue weighted by molar-refractivity contribution is -0.127. The van der Waals surface area contributed by atoms with E-state index in [9.17, 15) is 19.2 Å². The summed E-state index contributed by atoms with van der Waals surface area (Å²) < 4.78 is 0. The highest BCUT2D eigenvalue weighted by molar-refractivity contribution is 6.11. The second-order valence-electron chi connectivity index (χ2n) is 12.9. The van der Waals surface area contributed by atoms with Crippen LogP contribution in [0.15, 0.2) is 81.1 Å². The summed E-state index contributed by atoms with van der Waals surface area (Å²) in [5.74, 6) is -1.91. The third-order valence-corrected chi connectivity index (χ3v) is 8.75. The van der Waals surface area contributed by atoms with Crippen molar-refractivity contribution >= 4 is 46.1 Å². The second kappa shape index (κ2) is 15.7. The molecule has 4 aromatic rings. The number of rotatable bonds is 11. The number of carbonyl (C=O) groups excluding carboxylic acids is 4. The van der Waals surface area contributed by atoms with Crippen molar-refractivity contribution in [1.29, 1.82) is 0 Å². The van der Waals surface area contributed by atoms with Crippen molar-refractivity contribution in [3.63, 3.8) is 0 Å². The zero-order valence-electron chi connectivity index (χ0n) is 30.4. The summed E-state index contributed by atoms with van der Waals surface area (Å²) in [6.07, 6.45) is 0. The number of nitrogens with zero attached hydrogens (tertiary/aromatic N) is 4. The molecule has 0 bridgehead atoms. The minimum Gasteiger partial charge on any atom is -0.324 e. The molecule has 258 valence electrons. The average molecular weight is 673 g/mol. The molecule has 2 N–H and O–H groups in total. The number of hydrogen-bond donors (Lipinski definition) is 2. The summed E-state index contributed by atoms with van der Waals surface area (Å²) in [5.41, 5.74) is 11.8. The van der Waals surface area contributed by atoms with Crippen molar-refractivity contribution in [2.75, 3.05) is 10.6 Å². The summed E-state index contributed by atoms with van der Waals surface area (Å²) in [7, 11) is 0. The Hall–Kier alpha value is -5.64. The van der Waals surface area contributed by atoms with Gasteiger partial charge in [-0.2, -0.15) is 20.5 Å². The Morgan fingerprint density at radius 3 is 1.12 bits per heavy atom. The van der Waals surface area contributed by atoms with Crippen molar-refractivity contribution in [2.24, 2.45) is 20.5 Å². The minimum atomic E-state index is -1.29. The lowest BCUT2D eigenvalue weighted by Gasteiger charge is -2.14. The molecule has 2 atom stereocenters. The maximum atomic E-state index is 13.0. The van der Waals surface area contributed by atoms with Gasteiger partial charge in [-0.1, -0.05) is 24.3 Å². The zero-order chi connectivity index (χ0) is 36.9. The number of amides is 2. The molecule has 2 unspecified atom stereocenters. The molecule has 4 rings (SSSR count). The summed E-state index contributed by atoms with van der Waals surface area (Å²) in [4.78, 5) is 50.8. The molecule has 2 amide bonds. The monoisotopic (exact) mass is 672 g/mol. The zero-order valence-corrected chi connectivity index (χ0v) is 30.4. The van der Waals surface area contributed by atoms with Gasteiger partial charge in [0.2, 0.25) is 12.1 Å². The Labute approximate surface area is 293 Å². The smallest absolute Gasteiger partial charge is 0.258 e. The molecule has 0 heterocycles. The van der Waals surface area contributed by atoms with Crippen LogP contribution in [0.5, 0.6) is 0 Å². The van der Waals surface area contributed by atoms with Crippen LogP contribution < -0.4 is 10.6 Å². The Kier molecular flexibility index (Phi) is 11.7. The van der Waals surface area contributed by atoms with Crippen molar-refractivity contribution in [1.82, 2.24) is 0 Å². The quantitative estimate of drug-likeness (QED) is 0.121. The van der Waals surface area contributed by atoms with E-state index >= 15 is 0 Å². The molecule has 0 fully saturated rings. The first-order chi connectivity index (χ1) is 23.5. The van der Waals surface area contributed by atoms with E-state index in [1.807, 2.05) is 104 Å². The predicted molar refractivity (Wildman–Crippen MR) is 198 cm³/mol. The Bertz CT molecular complexity index is 1920. The third kappa shape index (κ3) is 8.87. The predicted octanol–water partition coefficient (Wildman–Crippen LogP) is 9.18. The molecule has 0 aliphatic rings. The van der Waals surface area contributed by atoms with E-state index in [4.69, 9.17) is 0 Å². The van der Waals surface area contributed by atoms with Gasteiger partial charge in [-0.05, 0) is 161 Å². The molecule has 0 saturated carbocycles. The summed E-state index contributed by atoms with van der Waals surface area (Å²) in [6.45, 7) is 18.1. The largest absolute Gasteiger partial charge is 0.324 e. The van der Waals surface area contributed by atoms with Crippen LogP contribution >= 0.6 is 0 Å². The lowest BCUT2D eigenvalue weighted by atomic mass is 10.00. The van der Waals surface area contributed by atoms with Crippen LogP contribution in [0.1, 0.15) is 58.4 Å². The number of Topliss-reactive ketones (excluding diaryl/α,β-unsaturated/α-hetero) is 2. The number of anilines is 2. The van der Waals surface area contributed by atoms with E-state index < -0.39 is 35.5 Å². The molecular formula is C40H44N6O4. The average Bonchev–Trinajstić information content (AvgIpc) is 3.03. The van der Waals surface area contributed by atoms with Crippen molar-refractivity contribution < 1.29 is 19.2 Å². The van der Waals surface area contributed by atoms with E-state index in [2.05, 4.69) is 31.1 Å². The first kappa shape index (κ1) is 37.2. The third-order valence-electron chi connectivity index (χ3n) is 8.75. The molecular weight excluding hydrogens is 628 g/mol. The van der Waals surface area contributed by atoms with Gasteiger partial charge in [0.25, 0.3) is 11.8 Å². The number of hydrogen-bond acceptors (Lipinski definition) is 8. The standard InChI is InChI=1S/C40H44N6O4/c1-21-15-25(5)35(19-23(21)3)41-39(49)37(29(9)47)45-43-33-13-11-31(17-27(33)7)32-12-14-34(28(8)18-32)44-46-38(30(10)48)40(50)42-36-20-24(4)22(2)16-26(36)6/h11-20,37-38H,1-10H3,(H,41,49)(H,42,50). The molecule has 4 aromatic carbocycles. The van der Waals surface area contributed by atoms with Crippen LogP contribution in [0.4, 0.5) is 22.7 Å². The number of nitrogens with one attached hydrogen (secondary N) is 2. The van der Waals surface area contributed by atoms with Gasteiger partial charge in [0.05, 0.1) is 11.4 Å². The van der Waals surface area contributed by atoms with E-state index in [-0.39, 0.29) is 0 Å². The number of carbonyl (C=O) groups is 4. The van der Waals surface area contributed by atoms with Gasteiger partial charge >= 0.3 is 0 Å². The van der Waals surface area contributed by atoms with Crippen molar-refractivity contribution in [3.8, 4) is 11.1 Å². The van der Waals surface area contributed by atoms with Gasteiger partial charge in [0.1, 0.15) is 0 Å². The van der Waals surface area contributed by atoms with E-state index in [1.54, 1.807) is 12.1 Å². The number of azo groups is 2. The summed E-state index contributed by atoms with van der Waals surface area (Å²) in [5, 5.41) is 22.5. The summed E-state index contributed by atoms with van der Waals surface area (Å²) in [6, 6.07) is 16.4. The van der Waals surface area contributed by atoms with Crippen LogP contribution in [0.2, 0.25) is 0 Å². The number of benzene rings is 4. The molecule has 50 heavy (non-hydrogen) atoms. The Morgan fingerprint density at radius 2 is 0.800 bits per heavy atom. The molecule has 10 heteroatoms. The van der Waals surface area contributed by atoms with Crippen LogP contribution in [0.25, 0.3) is 11.1 Å². The molecule has 0 radical (unpaired) electrons. The van der Waals surface area contributed by atoms with Gasteiger partial charge in [-0.15, -0.1) is 0 Å². The fourth-order valence-corrected chi connectivity index (χ4v) is 5.36. The second-order valence-corrected chi connectivity index (χ2v) is 12.9. The topological polar surface area (TPSA) is 142 Å². The van der Waals surface area contributed by atoms with Crippen molar-refractivity contribution in [3.05, 3.63) is 105 Å². The SMILES string of the molecule is CC(=O)C(N=Nc1ccc(-c2ccc(N=NC(C(C)=O)C(=O)Nc3cc(C)c(C)cc3C)c(C)c2)cc1C)C(=O)Nc1cc(C)c(C)cc1C.